The molecule has 0 fully saturated rings. The van der Waals surface area contributed by atoms with Gasteiger partial charge in [-0.25, -0.2) is 14.2 Å². The number of para-hydroxylation sites is 1. The zero-order valence-corrected chi connectivity index (χ0v) is 18.8. The zero-order chi connectivity index (χ0) is 22.5. The van der Waals surface area contributed by atoms with Crippen LogP contribution in [0.5, 0.6) is 0 Å². The Morgan fingerprint density at radius 2 is 1.84 bits per heavy atom. The van der Waals surface area contributed by atoms with Crippen LogP contribution >= 0.6 is 22.7 Å². The highest BCUT2D eigenvalue weighted by atomic mass is 32.1. The highest BCUT2D eigenvalue weighted by Gasteiger charge is 2.14. The average Bonchev–Trinajstić information content (AvgIpc) is 3.44. The molecule has 0 unspecified atom stereocenters. The first-order valence-corrected chi connectivity index (χ1v) is 11.5. The number of aryl methyl sites for hydroxylation is 1. The molecule has 0 radical (unpaired) electrons. The largest absolute Gasteiger partial charge is 0.455 e. The molecule has 0 saturated carbocycles. The number of benzene rings is 2. The maximum Gasteiger partial charge on any atom is 0.348 e. The molecule has 32 heavy (non-hydrogen) atoms. The number of amides is 1. The van der Waals surface area contributed by atoms with Crippen LogP contribution in [0.1, 0.15) is 25.9 Å². The molecule has 1 N–H and O–H groups in total. The number of hydrogen-bond donors (Lipinski definition) is 1. The van der Waals surface area contributed by atoms with Gasteiger partial charge in [0.15, 0.2) is 0 Å². The van der Waals surface area contributed by atoms with E-state index in [2.05, 4.69) is 10.3 Å². The molecule has 0 aliphatic heterocycles. The molecule has 8 heteroatoms. The minimum absolute atomic E-state index is 0.0263. The minimum atomic E-state index is -0.449. The van der Waals surface area contributed by atoms with Gasteiger partial charge in [0.25, 0.3) is 0 Å². The fourth-order valence-corrected chi connectivity index (χ4v) is 4.65. The Morgan fingerprint density at radius 1 is 1.06 bits per heavy atom. The van der Waals surface area contributed by atoms with Crippen LogP contribution in [0.25, 0.3) is 10.4 Å². The molecule has 4 aromatic rings. The molecule has 2 aromatic carbocycles. The van der Waals surface area contributed by atoms with Crippen LogP contribution in [0, 0.1) is 12.7 Å². The Kier molecular flexibility index (Phi) is 6.72. The molecule has 1 amide bonds. The van der Waals surface area contributed by atoms with Crippen LogP contribution < -0.4 is 5.32 Å². The van der Waals surface area contributed by atoms with E-state index in [1.54, 1.807) is 23.6 Å². The molecular formula is C24H19FN2O3S2. The maximum atomic E-state index is 13.1. The minimum Gasteiger partial charge on any atom is -0.455 e. The van der Waals surface area contributed by atoms with Gasteiger partial charge in [-0.2, -0.15) is 0 Å². The number of anilines is 1. The second kappa shape index (κ2) is 9.84. The van der Waals surface area contributed by atoms with Gasteiger partial charge in [0.05, 0.1) is 12.1 Å². The summed E-state index contributed by atoms with van der Waals surface area (Å²) in [5, 5.41) is 5.31. The van der Waals surface area contributed by atoms with Crippen molar-refractivity contribution in [2.75, 3.05) is 5.32 Å². The highest BCUT2D eigenvalue weighted by molar-refractivity contribution is 7.17. The van der Waals surface area contributed by atoms with Crippen LogP contribution in [0.3, 0.4) is 0 Å². The van der Waals surface area contributed by atoms with E-state index in [0.717, 1.165) is 21.7 Å². The summed E-state index contributed by atoms with van der Waals surface area (Å²) in [6.45, 7) is 1.96. The predicted molar refractivity (Wildman–Crippen MR) is 124 cm³/mol. The number of esters is 1. The van der Waals surface area contributed by atoms with Crippen LogP contribution in [0.4, 0.5) is 10.1 Å². The molecule has 2 aromatic heterocycles. The summed E-state index contributed by atoms with van der Waals surface area (Å²) < 4.78 is 18.5. The van der Waals surface area contributed by atoms with Crippen molar-refractivity contribution in [3.8, 4) is 10.4 Å². The van der Waals surface area contributed by atoms with Crippen molar-refractivity contribution < 1.29 is 18.7 Å². The Morgan fingerprint density at radius 3 is 2.62 bits per heavy atom. The number of ether oxygens (including phenoxy) is 1. The summed E-state index contributed by atoms with van der Waals surface area (Å²) >= 11 is 2.63. The number of halogens is 1. The number of nitrogens with one attached hydrogen (secondary N) is 1. The van der Waals surface area contributed by atoms with Crippen molar-refractivity contribution in [1.82, 2.24) is 4.98 Å². The number of thiazole rings is 1. The molecule has 0 aliphatic rings. The van der Waals surface area contributed by atoms with E-state index < -0.39 is 5.97 Å². The molecule has 162 valence electrons. The zero-order valence-electron chi connectivity index (χ0n) is 17.1. The molecule has 0 spiro atoms. The van der Waals surface area contributed by atoms with E-state index in [4.69, 9.17) is 4.74 Å². The number of nitrogens with zero attached hydrogens (tertiary/aromatic N) is 1. The van der Waals surface area contributed by atoms with E-state index >= 15 is 0 Å². The number of carbonyl (C=O) groups excluding carboxylic acids is 2. The number of carbonyl (C=O) groups is 2. The van der Waals surface area contributed by atoms with Crippen molar-refractivity contribution in [3.05, 3.63) is 93.0 Å². The van der Waals surface area contributed by atoms with Gasteiger partial charge in [0, 0.05) is 15.9 Å². The monoisotopic (exact) mass is 466 g/mol. The summed E-state index contributed by atoms with van der Waals surface area (Å²) in [5.74, 6) is -0.903. The van der Waals surface area contributed by atoms with E-state index in [9.17, 15) is 14.0 Å². The third-order valence-corrected chi connectivity index (χ3v) is 6.63. The number of hydrogen-bond acceptors (Lipinski definition) is 6. The van der Waals surface area contributed by atoms with Crippen molar-refractivity contribution in [2.45, 2.75) is 20.0 Å². The maximum absolute atomic E-state index is 13.1. The number of thiophene rings is 1. The van der Waals surface area contributed by atoms with Crippen molar-refractivity contribution in [1.29, 1.82) is 0 Å². The van der Waals surface area contributed by atoms with Gasteiger partial charge >= 0.3 is 5.97 Å². The van der Waals surface area contributed by atoms with E-state index in [1.165, 1.54) is 34.8 Å². The third kappa shape index (κ3) is 5.46. The first-order valence-electron chi connectivity index (χ1n) is 9.79. The molecule has 5 nitrogen and oxygen atoms in total. The number of rotatable bonds is 7. The molecular weight excluding hydrogens is 447 g/mol. The summed E-state index contributed by atoms with van der Waals surface area (Å²) in [7, 11) is 0. The van der Waals surface area contributed by atoms with Gasteiger partial charge in [0.1, 0.15) is 22.3 Å². The van der Waals surface area contributed by atoms with Gasteiger partial charge in [-0.1, -0.05) is 30.3 Å². The van der Waals surface area contributed by atoms with Crippen LogP contribution in [-0.4, -0.2) is 16.9 Å². The van der Waals surface area contributed by atoms with Crippen LogP contribution in [-0.2, 0) is 22.6 Å². The summed E-state index contributed by atoms with van der Waals surface area (Å²) in [4.78, 5) is 30.4. The van der Waals surface area contributed by atoms with Gasteiger partial charge in [-0.15, -0.1) is 22.7 Å². The second-order valence-corrected chi connectivity index (χ2v) is 9.05. The SMILES string of the molecule is Cc1ccccc1NC(=O)Cc1nc(COC(=O)c2ccc(-c3ccc(F)cc3)s2)cs1. The number of aromatic nitrogens is 1. The molecule has 0 atom stereocenters. The molecule has 0 bridgehead atoms. The molecule has 0 aliphatic carbocycles. The topological polar surface area (TPSA) is 68.3 Å². The van der Waals surface area contributed by atoms with Crippen molar-refractivity contribution in [3.63, 3.8) is 0 Å². The smallest absolute Gasteiger partial charge is 0.348 e. The summed E-state index contributed by atoms with van der Waals surface area (Å²) in [6.07, 6.45) is 0.152. The van der Waals surface area contributed by atoms with E-state index in [0.29, 0.717) is 15.6 Å². The van der Waals surface area contributed by atoms with E-state index in [1.807, 2.05) is 37.3 Å². The normalized spacial score (nSPS) is 10.7. The lowest BCUT2D eigenvalue weighted by molar-refractivity contribution is -0.115. The third-order valence-electron chi connectivity index (χ3n) is 4.62. The van der Waals surface area contributed by atoms with Crippen LogP contribution in [0.2, 0.25) is 0 Å². The Bertz CT molecular complexity index is 1250. The fraction of sp³-hybridized carbons (Fsp3) is 0.125. The van der Waals surface area contributed by atoms with Gasteiger partial charge < -0.3 is 10.1 Å². The second-order valence-electron chi connectivity index (χ2n) is 7.02. The average molecular weight is 467 g/mol. The Balaban J connectivity index is 1.30. The Hall–Kier alpha value is -3.36. The van der Waals surface area contributed by atoms with E-state index in [-0.39, 0.29) is 24.8 Å². The Labute approximate surface area is 192 Å². The predicted octanol–water partition coefficient (Wildman–Crippen LogP) is 5.86. The van der Waals surface area contributed by atoms with Crippen LogP contribution in [0.15, 0.2) is 66.0 Å². The lowest BCUT2D eigenvalue weighted by Crippen LogP contribution is -2.15. The van der Waals surface area contributed by atoms with Gasteiger partial charge in [0.2, 0.25) is 5.91 Å². The summed E-state index contributed by atoms with van der Waals surface area (Å²) in [5.41, 5.74) is 3.20. The first kappa shape index (κ1) is 21.9. The summed E-state index contributed by atoms with van der Waals surface area (Å²) in [6, 6.07) is 17.2. The lowest BCUT2D eigenvalue weighted by Gasteiger charge is -2.06. The molecule has 2 heterocycles. The van der Waals surface area contributed by atoms with Gasteiger partial charge in [-0.05, 0) is 48.4 Å². The standard InChI is InChI=1S/C24H19FN2O3S2/c1-15-4-2-3-5-19(15)27-22(28)12-23-26-18(14-31-23)13-30-24(29)21-11-10-20(32-21)16-6-8-17(25)9-7-16/h2-11,14H,12-13H2,1H3,(H,27,28). The molecule has 4 rings (SSSR count). The van der Waals surface area contributed by atoms with Crippen molar-refractivity contribution in [2.24, 2.45) is 0 Å². The quantitative estimate of drug-likeness (QED) is 0.347. The lowest BCUT2D eigenvalue weighted by atomic mass is 10.2. The van der Waals surface area contributed by atoms with Gasteiger partial charge in [-0.3, -0.25) is 4.79 Å². The first-order chi connectivity index (χ1) is 15.5. The fourth-order valence-electron chi connectivity index (χ4n) is 2.97. The molecule has 0 saturated heterocycles. The highest BCUT2D eigenvalue weighted by Crippen LogP contribution is 2.29. The van der Waals surface area contributed by atoms with Crippen molar-refractivity contribution >= 4 is 40.2 Å².